The van der Waals surface area contributed by atoms with Crippen molar-refractivity contribution in [2.75, 3.05) is 26.8 Å². The zero-order valence-electron chi connectivity index (χ0n) is 14.3. The van der Waals surface area contributed by atoms with Gasteiger partial charge in [0.05, 0.1) is 0 Å². The summed E-state index contributed by atoms with van der Waals surface area (Å²) in [5.41, 5.74) is 0.782. The van der Waals surface area contributed by atoms with E-state index in [0.717, 1.165) is 12.5 Å². The normalized spacial score (nSPS) is 35.0. The lowest BCUT2D eigenvalue weighted by molar-refractivity contribution is -0.0505. The number of nitrogens with zero attached hydrogens (tertiary/aromatic N) is 1. The molecule has 0 aromatic rings. The van der Waals surface area contributed by atoms with Gasteiger partial charge in [0.1, 0.15) is 0 Å². The van der Waals surface area contributed by atoms with E-state index in [1.807, 2.05) is 7.11 Å². The first-order chi connectivity index (χ1) is 10.1. The maximum absolute atomic E-state index is 5.35. The van der Waals surface area contributed by atoms with Crippen LogP contribution in [0, 0.1) is 5.92 Å². The lowest BCUT2D eigenvalue weighted by Gasteiger charge is -2.57. The summed E-state index contributed by atoms with van der Waals surface area (Å²) in [6.07, 6.45) is 11.1. The van der Waals surface area contributed by atoms with Gasteiger partial charge in [-0.1, -0.05) is 19.3 Å². The first kappa shape index (κ1) is 15.8. The molecule has 2 unspecified atom stereocenters. The third-order valence-corrected chi connectivity index (χ3v) is 6.46. The standard InChI is InChI=1S/C18H34N2O/c1-15(9-12-21-3)20-14-17(2,16-7-8-16)19-13-18(20)10-5-4-6-11-18/h15-16,19H,4-14H2,1-3H3. The van der Waals surface area contributed by atoms with Crippen LogP contribution in [0.3, 0.4) is 0 Å². The molecular formula is C18H34N2O. The SMILES string of the molecule is COCCC(C)N1CC(C)(C2CC2)NCC12CCCCC2. The topological polar surface area (TPSA) is 24.5 Å². The molecule has 21 heavy (non-hydrogen) atoms. The van der Waals surface area contributed by atoms with Gasteiger partial charge < -0.3 is 10.1 Å². The quantitative estimate of drug-likeness (QED) is 0.843. The Morgan fingerprint density at radius 3 is 2.57 bits per heavy atom. The molecule has 0 aromatic heterocycles. The van der Waals surface area contributed by atoms with Crippen LogP contribution in [0.5, 0.6) is 0 Å². The van der Waals surface area contributed by atoms with Gasteiger partial charge in [-0.25, -0.2) is 0 Å². The molecule has 3 heteroatoms. The van der Waals surface area contributed by atoms with Gasteiger partial charge in [-0.2, -0.15) is 0 Å². The van der Waals surface area contributed by atoms with Crippen molar-refractivity contribution in [2.24, 2.45) is 5.92 Å². The molecule has 0 aromatic carbocycles. The Balaban J connectivity index is 1.75. The Bertz CT molecular complexity index is 349. The highest BCUT2D eigenvalue weighted by molar-refractivity contribution is 5.10. The molecule has 1 spiro atoms. The molecule has 2 aliphatic carbocycles. The highest BCUT2D eigenvalue weighted by Gasteiger charge is 2.52. The van der Waals surface area contributed by atoms with Crippen molar-refractivity contribution in [1.29, 1.82) is 0 Å². The van der Waals surface area contributed by atoms with Crippen molar-refractivity contribution >= 4 is 0 Å². The van der Waals surface area contributed by atoms with Gasteiger partial charge in [0.15, 0.2) is 0 Å². The highest BCUT2D eigenvalue weighted by Crippen LogP contribution is 2.46. The Labute approximate surface area is 130 Å². The molecule has 122 valence electrons. The monoisotopic (exact) mass is 294 g/mol. The zero-order chi connectivity index (χ0) is 14.9. The Kier molecular flexibility index (Phi) is 4.63. The Hall–Kier alpha value is -0.120. The molecule has 1 saturated heterocycles. The van der Waals surface area contributed by atoms with Crippen LogP contribution >= 0.6 is 0 Å². The smallest absolute Gasteiger partial charge is 0.0477 e. The van der Waals surface area contributed by atoms with Crippen LogP contribution in [-0.4, -0.2) is 48.8 Å². The molecule has 3 aliphatic rings. The second kappa shape index (κ2) is 6.17. The third kappa shape index (κ3) is 3.16. The van der Waals surface area contributed by atoms with Crippen LogP contribution in [0.25, 0.3) is 0 Å². The van der Waals surface area contributed by atoms with Gasteiger partial charge in [-0.3, -0.25) is 4.90 Å². The molecule has 0 bridgehead atoms. The summed E-state index contributed by atoms with van der Waals surface area (Å²) in [4.78, 5) is 2.89. The lowest BCUT2D eigenvalue weighted by atomic mass is 9.75. The number of piperazine rings is 1. The predicted molar refractivity (Wildman–Crippen MR) is 87.6 cm³/mol. The Morgan fingerprint density at radius 1 is 1.24 bits per heavy atom. The molecule has 1 N–H and O–H groups in total. The van der Waals surface area contributed by atoms with Crippen molar-refractivity contribution in [3.8, 4) is 0 Å². The van der Waals surface area contributed by atoms with E-state index in [1.54, 1.807) is 0 Å². The van der Waals surface area contributed by atoms with Gasteiger partial charge in [0.2, 0.25) is 0 Å². The molecule has 1 heterocycles. The minimum Gasteiger partial charge on any atom is -0.385 e. The van der Waals surface area contributed by atoms with Crippen LogP contribution < -0.4 is 5.32 Å². The predicted octanol–water partition coefficient (Wildman–Crippen LogP) is 3.19. The summed E-state index contributed by atoms with van der Waals surface area (Å²) < 4.78 is 5.35. The lowest BCUT2D eigenvalue weighted by Crippen LogP contribution is -2.72. The minimum atomic E-state index is 0.351. The zero-order valence-corrected chi connectivity index (χ0v) is 14.3. The molecule has 2 saturated carbocycles. The average Bonchev–Trinajstić information content (AvgIpc) is 3.34. The molecule has 0 radical (unpaired) electrons. The molecule has 3 nitrogen and oxygen atoms in total. The molecule has 3 rings (SSSR count). The number of methoxy groups -OCH3 is 1. The first-order valence-corrected chi connectivity index (χ1v) is 9.10. The van der Waals surface area contributed by atoms with E-state index < -0.39 is 0 Å². The maximum Gasteiger partial charge on any atom is 0.0477 e. The van der Waals surface area contributed by atoms with E-state index in [4.69, 9.17) is 4.74 Å². The summed E-state index contributed by atoms with van der Waals surface area (Å²) in [5.74, 6) is 0.913. The molecule has 1 aliphatic heterocycles. The summed E-state index contributed by atoms with van der Waals surface area (Å²) in [5, 5.41) is 3.99. The van der Waals surface area contributed by atoms with Crippen molar-refractivity contribution in [3.05, 3.63) is 0 Å². The van der Waals surface area contributed by atoms with E-state index in [2.05, 4.69) is 24.1 Å². The van der Waals surface area contributed by atoms with Crippen molar-refractivity contribution in [3.63, 3.8) is 0 Å². The van der Waals surface area contributed by atoms with E-state index in [0.29, 0.717) is 17.1 Å². The van der Waals surface area contributed by atoms with Gasteiger partial charge in [-0.05, 0) is 51.9 Å². The largest absolute Gasteiger partial charge is 0.385 e. The molecule has 3 fully saturated rings. The fraction of sp³-hybridized carbons (Fsp3) is 1.00. The van der Waals surface area contributed by atoms with E-state index in [1.165, 1.54) is 64.5 Å². The van der Waals surface area contributed by atoms with E-state index in [9.17, 15) is 0 Å². The van der Waals surface area contributed by atoms with Crippen LogP contribution in [0.2, 0.25) is 0 Å². The third-order valence-electron chi connectivity index (χ3n) is 6.46. The number of nitrogens with one attached hydrogen (secondary N) is 1. The van der Waals surface area contributed by atoms with Crippen LogP contribution in [0.4, 0.5) is 0 Å². The minimum absolute atomic E-state index is 0.351. The fourth-order valence-corrected chi connectivity index (χ4v) is 4.78. The second-order valence-electron chi connectivity index (χ2n) is 8.09. The number of hydrogen-bond donors (Lipinski definition) is 1. The number of ether oxygens (including phenoxy) is 1. The van der Waals surface area contributed by atoms with Crippen molar-refractivity contribution in [2.45, 2.75) is 82.3 Å². The number of hydrogen-bond acceptors (Lipinski definition) is 3. The fourth-order valence-electron chi connectivity index (χ4n) is 4.78. The van der Waals surface area contributed by atoms with E-state index in [-0.39, 0.29) is 0 Å². The summed E-state index contributed by atoms with van der Waals surface area (Å²) >= 11 is 0. The Morgan fingerprint density at radius 2 is 1.95 bits per heavy atom. The van der Waals surface area contributed by atoms with Crippen molar-refractivity contribution < 1.29 is 4.74 Å². The summed E-state index contributed by atoms with van der Waals surface area (Å²) in [7, 11) is 1.83. The maximum atomic E-state index is 5.35. The van der Waals surface area contributed by atoms with Gasteiger partial charge in [0.25, 0.3) is 0 Å². The van der Waals surface area contributed by atoms with Gasteiger partial charge in [0, 0.05) is 43.9 Å². The van der Waals surface area contributed by atoms with Crippen LogP contribution in [-0.2, 0) is 4.74 Å². The summed E-state index contributed by atoms with van der Waals surface area (Å²) in [6, 6.07) is 0.642. The average molecular weight is 294 g/mol. The summed E-state index contributed by atoms with van der Waals surface area (Å²) in [6.45, 7) is 8.23. The van der Waals surface area contributed by atoms with Crippen LogP contribution in [0.15, 0.2) is 0 Å². The van der Waals surface area contributed by atoms with Crippen molar-refractivity contribution in [1.82, 2.24) is 10.2 Å². The second-order valence-corrected chi connectivity index (χ2v) is 8.09. The van der Waals surface area contributed by atoms with Gasteiger partial charge >= 0.3 is 0 Å². The van der Waals surface area contributed by atoms with Crippen LogP contribution in [0.1, 0.15) is 65.2 Å². The first-order valence-electron chi connectivity index (χ1n) is 9.10. The number of rotatable bonds is 5. The molecule has 0 amide bonds. The van der Waals surface area contributed by atoms with E-state index >= 15 is 0 Å². The highest BCUT2D eigenvalue weighted by atomic mass is 16.5. The molecular weight excluding hydrogens is 260 g/mol. The molecule has 2 atom stereocenters. The van der Waals surface area contributed by atoms with Gasteiger partial charge in [-0.15, -0.1) is 0 Å².